The predicted octanol–water partition coefficient (Wildman–Crippen LogP) is 4.66. The summed E-state index contributed by atoms with van der Waals surface area (Å²) in [5.41, 5.74) is 5.76. The molecule has 1 unspecified atom stereocenters. The summed E-state index contributed by atoms with van der Waals surface area (Å²) in [6, 6.07) is 8.09. The summed E-state index contributed by atoms with van der Waals surface area (Å²) in [4.78, 5) is 24.5. The average Bonchev–Trinajstić information content (AvgIpc) is 3.08. The molecule has 1 fully saturated rings. The molecule has 1 saturated heterocycles. The first kappa shape index (κ1) is 20.3. The number of rotatable bonds is 4. The van der Waals surface area contributed by atoms with Gasteiger partial charge in [0.25, 0.3) is 0 Å². The lowest BCUT2D eigenvalue weighted by Crippen LogP contribution is -2.40. The number of piperidine rings is 1. The molecule has 1 amide bonds. The van der Waals surface area contributed by atoms with Crippen molar-refractivity contribution in [2.24, 2.45) is 0 Å². The smallest absolute Gasteiger partial charge is 0.227 e. The van der Waals surface area contributed by atoms with Gasteiger partial charge < -0.3 is 9.42 Å². The fraction of sp³-hybridized carbons (Fsp3) is 0.417. The number of hydrogen-bond acceptors (Lipinski definition) is 5. The minimum atomic E-state index is -0.0850. The molecule has 3 aromatic rings. The molecule has 6 heteroatoms. The number of hydrogen-bond donors (Lipinski definition) is 0. The van der Waals surface area contributed by atoms with Gasteiger partial charge in [-0.25, -0.2) is 9.97 Å². The summed E-state index contributed by atoms with van der Waals surface area (Å²) in [6.07, 6.45) is 5.17. The summed E-state index contributed by atoms with van der Waals surface area (Å²) in [5.74, 6) is 1.52. The molecule has 1 aromatic carbocycles. The minimum absolute atomic E-state index is 0.0850. The number of aromatic nitrogens is 3. The quantitative estimate of drug-likeness (QED) is 0.632. The van der Waals surface area contributed by atoms with Gasteiger partial charge in [0.05, 0.1) is 29.4 Å². The van der Waals surface area contributed by atoms with Crippen molar-refractivity contribution in [1.29, 1.82) is 0 Å². The fourth-order valence-electron chi connectivity index (χ4n) is 4.08. The second kappa shape index (κ2) is 8.38. The van der Waals surface area contributed by atoms with Gasteiger partial charge in [-0.2, -0.15) is 0 Å². The Balaban J connectivity index is 1.69. The van der Waals surface area contributed by atoms with Crippen molar-refractivity contribution >= 4 is 5.91 Å². The predicted molar refractivity (Wildman–Crippen MR) is 115 cm³/mol. The number of amides is 1. The highest BCUT2D eigenvalue weighted by Crippen LogP contribution is 2.37. The van der Waals surface area contributed by atoms with Crippen LogP contribution in [0.5, 0.6) is 0 Å². The Kier molecular flexibility index (Phi) is 5.66. The first-order valence-electron chi connectivity index (χ1n) is 10.6. The lowest BCUT2D eigenvalue weighted by atomic mass is 9.94. The summed E-state index contributed by atoms with van der Waals surface area (Å²) in [6.45, 7) is 8.60. The van der Waals surface area contributed by atoms with Crippen molar-refractivity contribution in [3.63, 3.8) is 0 Å². The molecule has 30 heavy (non-hydrogen) atoms. The van der Waals surface area contributed by atoms with Crippen LogP contribution in [-0.4, -0.2) is 32.5 Å². The van der Waals surface area contributed by atoms with Crippen molar-refractivity contribution in [2.75, 3.05) is 6.54 Å². The largest absolute Gasteiger partial charge is 0.356 e. The molecule has 2 aromatic heterocycles. The van der Waals surface area contributed by atoms with E-state index < -0.39 is 0 Å². The second-order valence-electron chi connectivity index (χ2n) is 8.20. The van der Waals surface area contributed by atoms with Crippen molar-refractivity contribution in [1.82, 2.24) is 20.0 Å². The van der Waals surface area contributed by atoms with E-state index in [2.05, 4.69) is 29.2 Å². The van der Waals surface area contributed by atoms with Crippen LogP contribution in [0.4, 0.5) is 0 Å². The highest BCUT2D eigenvalue weighted by atomic mass is 16.5. The van der Waals surface area contributed by atoms with Gasteiger partial charge in [0.2, 0.25) is 5.91 Å². The number of nitrogens with zero attached hydrogens (tertiary/aromatic N) is 4. The molecular weight excluding hydrogens is 376 g/mol. The Morgan fingerprint density at radius 3 is 2.60 bits per heavy atom. The fourth-order valence-corrected chi connectivity index (χ4v) is 4.08. The molecule has 0 radical (unpaired) electrons. The molecule has 0 N–H and O–H groups in total. The molecule has 6 nitrogen and oxygen atoms in total. The third-order valence-electron chi connectivity index (χ3n) is 5.96. The topological polar surface area (TPSA) is 72.1 Å². The Labute approximate surface area is 177 Å². The molecule has 0 aliphatic carbocycles. The highest BCUT2D eigenvalue weighted by molar-refractivity contribution is 5.80. The molecule has 1 aliphatic heterocycles. The van der Waals surface area contributed by atoms with Gasteiger partial charge in [-0.1, -0.05) is 35.0 Å². The van der Waals surface area contributed by atoms with Crippen molar-refractivity contribution in [3.05, 3.63) is 64.4 Å². The maximum atomic E-state index is 13.3. The number of carbonyl (C=O) groups excluding carboxylic acids is 1. The summed E-state index contributed by atoms with van der Waals surface area (Å²) >= 11 is 0. The minimum Gasteiger partial charge on any atom is -0.356 e. The number of likely N-dealkylation sites (tertiary alicyclic amines) is 1. The van der Waals surface area contributed by atoms with Crippen molar-refractivity contribution in [2.45, 2.75) is 59.4 Å². The lowest BCUT2D eigenvalue weighted by Gasteiger charge is -2.36. The van der Waals surface area contributed by atoms with E-state index in [1.807, 2.05) is 44.0 Å². The van der Waals surface area contributed by atoms with Gasteiger partial charge in [0, 0.05) is 18.3 Å². The zero-order chi connectivity index (χ0) is 21.3. The van der Waals surface area contributed by atoms with Crippen LogP contribution in [0.1, 0.15) is 59.2 Å². The molecule has 1 aliphatic rings. The van der Waals surface area contributed by atoms with Crippen LogP contribution in [0.15, 0.2) is 35.0 Å². The maximum absolute atomic E-state index is 13.3. The lowest BCUT2D eigenvalue weighted by molar-refractivity contribution is -0.134. The second-order valence-corrected chi connectivity index (χ2v) is 8.20. The highest BCUT2D eigenvalue weighted by Gasteiger charge is 2.32. The zero-order valence-corrected chi connectivity index (χ0v) is 18.1. The summed E-state index contributed by atoms with van der Waals surface area (Å²) in [5, 5.41) is 4.11. The number of carbonyl (C=O) groups is 1. The zero-order valence-electron chi connectivity index (χ0n) is 18.1. The van der Waals surface area contributed by atoms with E-state index >= 15 is 0 Å². The molecule has 3 heterocycles. The van der Waals surface area contributed by atoms with Crippen LogP contribution in [0.3, 0.4) is 0 Å². The molecule has 0 bridgehead atoms. The average molecular weight is 405 g/mol. The monoisotopic (exact) mass is 404 g/mol. The Hall–Kier alpha value is -3.02. The van der Waals surface area contributed by atoms with E-state index in [4.69, 9.17) is 9.51 Å². The molecule has 4 rings (SSSR count). The van der Waals surface area contributed by atoms with E-state index in [0.29, 0.717) is 18.0 Å². The SMILES string of the molecule is Cc1ccc(CC(=O)N2CCCCC2c2nc(C)ncc2-c2onc(C)c2C)cc1. The van der Waals surface area contributed by atoms with Crippen LogP contribution in [0.25, 0.3) is 11.3 Å². The van der Waals surface area contributed by atoms with Gasteiger partial charge in [0.1, 0.15) is 5.82 Å². The van der Waals surface area contributed by atoms with Crippen LogP contribution >= 0.6 is 0 Å². The Morgan fingerprint density at radius 1 is 1.13 bits per heavy atom. The first-order valence-corrected chi connectivity index (χ1v) is 10.6. The number of benzene rings is 1. The molecule has 0 spiro atoms. The van der Waals surface area contributed by atoms with Crippen molar-refractivity contribution < 1.29 is 9.32 Å². The van der Waals surface area contributed by atoms with Gasteiger partial charge >= 0.3 is 0 Å². The van der Waals surface area contributed by atoms with Crippen molar-refractivity contribution in [3.8, 4) is 11.3 Å². The van der Waals surface area contributed by atoms with Crippen LogP contribution in [0, 0.1) is 27.7 Å². The van der Waals surface area contributed by atoms with Crippen LogP contribution < -0.4 is 0 Å². The van der Waals surface area contributed by atoms with Gasteiger partial charge in [-0.05, 0) is 52.5 Å². The summed E-state index contributed by atoms with van der Waals surface area (Å²) in [7, 11) is 0. The van der Waals surface area contributed by atoms with Gasteiger partial charge in [-0.15, -0.1) is 0 Å². The van der Waals surface area contributed by atoms with Crippen LogP contribution in [-0.2, 0) is 11.2 Å². The molecular formula is C24H28N4O2. The number of aryl methyl sites for hydroxylation is 3. The Morgan fingerprint density at radius 2 is 1.90 bits per heavy atom. The first-order chi connectivity index (χ1) is 14.4. The summed E-state index contributed by atoms with van der Waals surface area (Å²) < 4.78 is 5.62. The van der Waals surface area contributed by atoms with Gasteiger partial charge in [-0.3, -0.25) is 4.79 Å². The molecule has 156 valence electrons. The molecule has 1 atom stereocenters. The van der Waals surface area contributed by atoms with E-state index in [1.54, 1.807) is 0 Å². The third kappa shape index (κ3) is 3.99. The molecule has 0 saturated carbocycles. The van der Waals surface area contributed by atoms with E-state index in [-0.39, 0.29) is 11.9 Å². The van der Waals surface area contributed by atoms with E-state index in [1.165, 1.54) is 5.56 Å². The maximum Gasteiger partial charge on any atom is 0.227 e. The van der Waals surface area contributed by atoms with Gasteiger partial charge in [0.15, 0.2) is 5.76 Å². The standard InChI is InChI=1S/C24H28N4O2/c1-15-8-10-19(11-9-15)13-22(29)28-12-6-5-7-21(28)23-20(14-25-18(4)26-23)24-16(2)17(3)27-30-24/h8-11,14,21H,5-7,12-13H2,1-4H3. The third-order valence-corrected chi connectivity index (χ3v) is 5.96. The normalized spacial score (nSPS) is 16.7. The van der Waals surface area contributed by atoms with E-state index in [0.717, 1.165) is 53.9 Å². The van der Waals surface area contributed by atoms with E-state index in [9.17, 15) is 4.79 Å². The Bertz CT molecular complexity index is 1060. The van der Waals surface area contributed by atoms with Crippen LogP contribution in [0.2, 0.25) is 0 Å².